The molecule has 2 heterocycles. The second-order valence-corrected chi connectivity index (χ2v) is 5.41. The fraction of sp³-hybridized carbons (Fsp3) is 0.769. The molecule has 0 radical (unpaired) electrons. The quantitative estimate of drug-likeness (QED) is 0.619. The van der Waals surface area contributed by atoms with E-state index in [0.29, 0.717) is 43.7 Å². The Morgan fingerprint density at radius 3 is 2.87 bits per heavy atom. The van der Waals surface area contributed by atoms with Crippen molar-refractivity contribution in [2.45, 2.75) is 39.0 Å². The number of halogens is 3. The summed E-state index contributed by atoms with van der Waals surface area (Å²) in [4.78, 5) is 9.76. The molecule has 1 aliphatic rings. The molecular formula is C13H21F3N6O. The lowest BCUT2D eigenvalue weighted by atomic mass is 10.3. The fourth-order valence-electron chi connectivity index (χ4n) is 2.41. The summed E-state index contributed by atoms with van der Waals surface area (Å²) >= 11 is 0. The van der Waals surface area contributed by atoms with E-state index < -0.39 is 12.7 Å². The van der Waals surface area contributed by atoms with E-state index in [1.165, 1.54) is 4.90 Å². The Hall–Kier alpha value is -1.84. The monoisotopic (exact) mass is 334 g/mol. The van der Waals surface area contributed by atoms with Crippen molar-refractivity contribution in [1.29, 1.82) is 0 Å². The number of hydrogen-bond acceptors (Lipinski definition) is 5. The summed E-state index contributed by atoms with van der Waals surface area (Å²) in [5.41, 5.74) is 0. The molecule has 1 fully saturated rings. The van der Waals surface area contributed by atoms with Crippen molar-refractivity contribution in [3.63, 3.8) is 0 Å². The van der Waals surface area contributed by atoms with E-state index in [9.17, 15) is 13.2 Å². The van der Waals surface area contributed by atoms with Crippen molar-refractivity contribution in [3.8, 4) is 0 Å². The summed E-state index contributed by atoms with van der Waals surface area (Å²) in [6.45, 7) is 4.37. The second kappa shape index (κ2) is 7.62. The van der Waals surface area contributed by atoms with Gasteiger partial charge in [0.05, 0.1) is 6.54 Å². The van der Waals surface area contributed by atoms with Gasteiger partial charge in [-0.05, 0) is 20.3 Å². The summed E-state index contributed by atoms with van der Waals surface area (Å²) in [6, 6.07) is -0.0698. The molecular weight excluding hydrogens is 313 g/mol. The first-order valence-corrected chi connectivity index (χ1v) is 7.49. The van der Waals surface area contributed by atoms with Gasteiger partial charge in [-0.3, -0.25) is 4.90 Å². The molecule has 0 aromatic carbocycles. The molecule has 1 aromatic rings. The predicted molar refractivity (Wildman–Crippen MR) is 77.9 cm³/mol. The molecule has 0 amide bonds. The smallest absolute Gasteiger partial charge is 0.357 e. The molecule has 0 spiro atoms. The van der Waals surface area contributed by atoms with Gasteiger partial charge in [-0.15, -0.1) is 0 Å². The summed E-state index contributed by atoms with van der Waals surface area (Å²) < 4.78 is 42.2. The molecule has 7 nitrogen and oxygen atoms in total. The predicted octanol–water partition coefficient (Wildman–Crippen LogP) is 1.07. The molecule has 1 unspecified atom stereocenters. The maximum Gasteiger partial charge on any atom is 0.401 e. The first-order valence-electron chi connectivity index (χ1n) is 7.49. The van der Waals surface area contributed by atoms with E-state index in [0.717, 1.165) is 0 Å². The number of guanidine groups is 1. The zero-order chi connectivity index (χ0) is 16.9. The highest BCUT2D eigenvalue weighted by atomic mass is 19.4. The van der Waals surface area contributed by atoms with Crippen molar-refractivity contribution in [3.05, 3.63) is 11.7 Å². The van der Waals surface area contributed by atoms with Crippen LogP contribution in [0.1, 0.15) is 25.1 Å². The average molecular weight is 334 g/mol. The highest BCUT2D eigenvalue weighted by Gasteiger charge is 2.34. The van der Waals surface area contributed by atoms with Gasteiger partial charge >= 0.3 is 6.18 Å². The van der Waals surface area contributed by atoms with Gasteiger partial charge in [0.15, 0.2) is 11.8 Å². The standard InChI is InChI=1S/C13H21F3N6O/c1-3-17-12(18-6-11-19-9(2)21-23-11)20-10-4-5-22(7-10)8-13(14,15)16/h10H,3-8H2,1-2H3,(H2,17,18,20). The van der Waals surface area contributed by atoms with E-state index in [1.54, 1.807) is 6.92 Å². The first-order chi connectivity index (χ1) is 10.9. The highest BCUT2D eigenvalue weighted by molar-refractivity contribution is 5.80. The third kappa shape index (κ3) is 6.05. The van der Waals surface area contributed by atoms with E-state index >= 15 is 0 Å². The van der Waals surface area contributed by atoms with E-state index in [1.807, 2.05) is 6.92 Å². The molecule has 2 N–H and O–H groups in total. The lowest BCUT2D eigenvalue weighted by Crippen LogP contribution is -2.45. The Kier molecular flexibility index (Phi) is 5.80. The van der Waals surface area contributed by atoms with Gasteiger partial charge in [-0.1, -0.05) is 5.16 Å². The van der Waals surface area contributed by atoms with Crippen LogP contribution in [0.5, 0.6) is 0 Å². The van der Waals surface area contributed by atoms with Crippen molar-refractivity contribution >= 4 is 5.96 Å². The molecule has 0 aliphatic carbocycles. The fourth-order valence-corrected chi connectivity index (χ4v) is 2.41. The molecule has 0 bridgehead atoms. The minimum atomic E-state index is -4.16. The number of nitrogens with zero attached hydrogens (tertiary/aromatic N) is 4. The van der Waals surface area contributed by atoms with Crippen LogP contribution < -0.4 is 10.6 Å². The lowest BCUT2D eigenvalue weighted by Gasteiger charge is -2.19. The van der Waals surface area contributed by atoms with Crippen LogP contribution in [0.3, 0.4) is 0 Å². The van der Waals surface area contributed by atoms with Crippen molar-refractivity contribution in [2.75, 3.05) is 26.2 Å². The average Bonchev–Trinajstić information content (AvgIpc) is 3.04. The van der Waals surface area contributed by atoms with E-state index in [-0.39, 0.29) is 12.6 Å². The number of likely N-dealkylation sites (tertiary alicyclic amines) is 1. The molecule has 2 rings (SSSR count). The van der Waals surface area contributed by atoms with E-state index in [2.05, 4.69) is 25.8 Å². The zero-order valence-electron chi connectivity index (χ0n) is 13.2. The van der Waals surface area contributed by atoms with Gasteiger partial charge in [0, 0.05) is 25.7 Å². The van der Waals surface area contributed by atoms with E-state index in [4.69, 9.17) is 4.52 Å². The summed E-state index contributed by atoms with van der Waals surface area (Å²) in [6.07, 6.45) is -3.52. The van der Waals surface area contributed by atoms with Crippen LogP contribution in [0.25, 0.3) is 0 Å². The normalized spacial score (nSPS) is 20.0. The van der Waals surface area contributed by atoms with Gasteiger partial charge in [0.2, 0.25) is 5.89 Å². The number of aromatic nitrogens is 2. The molecule has 10 heteroatoms. The van der Waals surface area contributed by atoms with Gasteiger partial charge in [-0.25, -0.2) is 4.99 Å². The molecule has 1 aromatic heterocycles. The lowest BCUT2D eigenvalue weighted by molar-refractivity contribution is -0.143. The third-order valence-electron chi connectivity index (χ3n) is 3.30. The number of aryl methyl sites for hydroxylation is 1. The highest BCUT2D eigenvalue weighted by Crippen LogP contribution is 2.19. The van der Waals surface area contributed by atoms with Crippen LogP contribution in [-0.4, -0.2) is 59.4 Å². The Morgan fingerprint density at radius 1 is 1.48 bits per heavy atom. The molecule has 1 saturated heterocycles. The van der Waals surface area contributed by atoms with Gasteiger partial charge in [-0.2, -0.15) is 18.2 Å². The van der Waals surface area contributed by atoms with Gasteiger partial charge < -0.3 is 15.2 Å². The minimum Gasteiger partial charge on any atom is -0.357 e. The second-order valence-electron chi connectivity index (χ2n) is 5.41. The Balaban J connectivity index is 1.87. The maximum atomic E-state index is 12.4. The number of nitrogens with one attached hydrogen (secondary N) is 2. The van der Waals surface area contributed by atoms with Crippen LogP contribution >= 0.6 is 0 Å². The molecule has 130 valence electrons. The minimum absolute atomic E-state index is 0.0698. The maximum absolute atomic E-state index is 12.4. The molecule has 1 atom stereocenters. The van der Waals surface area contributed by atoms with Crippen molar-refractivity contribution < 1.29 is 17.7 Å². The molecule has 1 aliphatic heterocycles. The van der Waals surface area contributed by atoms with Crippen LogP contribution in [-0.2, 0) is 6.54 Å². The molecule has 23 heavy (non-hydrogen) atoms. The Bertz CT molecular complexity index is 530. The number of hydrogen-bond donors (Lipinski definition) is 2. The summed E-state index contributed by atoms with van der Waals surface area (Å²) in [7, 11) is 0. The Morgan fingerprint density at radius 2 is 2.26 bits per heavy atom. The number of aliphatic imine (C=N–C) groups is 1. The number of alkyl halides is 3. The first kappa shape index (κ1) is 17.5. The van der Waals surface area contributed by atoms with Crippen LogP contribution in [0.15, 0.2) is 9.52 Å². The molecule has 0 saturated carbocycles. The van der Waals surface area contributed by atoms with Gasteiger partial charge in [0.25, 0.3) is 0 Å². The Labute approximate surface area is 132 Å². The van der Waals surface area contributed by atoms with Crippen LogP contribution in [0.4, 0.5) is 13.2 Å². The largest absolute Gasteiger partial charge is 0.401 e. The third-order valence-corrected chi connectivity index (χ3v) is 3.30. The number of rotatable bonds is 5. The van der Waals surface area contributed by atoms with Crippen molar-refractivity contribution in [1.82, 2.24) is 25.7 Å². The topological polar surface area (TPSA) is 78.6 Å². The SMILES string of the molecule is CCNC(=NCc1nc(C)no1)NC1CCN(CC(F)(F)F)C1. The summed E-state index contributed by atoms with van der Waals surface area (Å²) in [5, 5.41) is 9.89. The van der Waals surface area contributed by atoms with Crippen LogP contribution in [0.2, 0.25) is 0 Å². The summed E-state index contributed by atoms with van der Waals surface area (Å²) in [5.74, 6) is 1.46. The van der Waals surface area contributed by atoms with Crippen LogP contribution in [0, 0.1) is 6.92 Å². The van der Waals surface area contributed by atoms with Gasteiger partial charge in [0.1, 0.15) is 6.54 Å². The zero-order valence-corrected chi connectivity index (χ0v) is 13.2. The van der Waals surface area contributed by atoms with Crippen molar-refractivity contribution in [2.24, 2.45) is 4.99 Å².